The molecule has 0 atom stereocenters. The van der Waals surface area contributed by atoms with E-state index in [1.54, 1.807) is 9.72 Å². The van der Waals surface area contributed by atoms with Gasteiger partial charge in [-0.3, -0.25) is 0 Å². The van der Waals surface area contributed by atoms with Crippen molar-refractivity contribution in [3.05, 3.63) is 29.3 Å². The van der Waals surface area contributed by atoms with Gasteiger partial charge in [-0.2, -0.15) is 0 Å². The SMILES string of the molecule is Cc1cc[c]([Ru]([I])[I])c(C(C)C)c1. The van der Waals surface area contributed by atoms with Gasteiger partial charge in [-0.25, -0.2) is 0 Å². The first-order chi connectivity index (χ1) is 6.02. The van der Waals surface area contributed by atoms with E-state index in [0.717, 1.165) is 0 Å². The molecule has 0 saturated carbocycles. The average Bonchev–Trinajstić information content (AvgIpc) is 2.03. The van der Waals surface area contributed by atoms with Gasteiger partial charge in [-0.05, 0) is 0 Å². The summed E-state index contributed by atoms with van der Waals surface area (Å²) in [7, 11) is -0.746. The maximum absolute atomic E-state index is 2.61. The van der Waals surface area contributed by atoms with Crippen LogP contribution in [0.5, 0.6) is 0 Å². The summed E-state index contributed by atoms with van der Waals surface area (Å²) in [5.41, 5.74) is 2.94. The van der Waals surface area contributed by atoms with E-state index in [1.807, 2.05) is 0 Å². The number of hydrogen-bond acceptors (Lipinski definition) is 0. The van der Waals surface area contributed by atoms with Gasteiger partial charge in [-0.15, -0.1) is 0 Å². The molecule has 0 unspecified atom stereocenters. The quantitative estimate of drug-likeness (QED) is 0.436. The van der Waals surface area contributed by atoms with Crippen LogP contribution < -0.4 is 4.16 Å². The molecule has 0 nitrogen and oxygen atoms in total. The molecule has 0 N–H and O–H groups in total. The molecule has 1 rings (SSSR count). The zero-order valence-corrected chi connectivity index (χ0v) is 14.0. The first-order valence-corrected chi connectivity index (χ1v) is 15.3. The third kappa shape index (κ3) is 3.42. The van der Waals surface area contributed by atoms with E-state index in [4.69, 9.17) is 0 Å². The molecular weight excluding hydrogens is 475 g/mol. The normalized spacial score (nSPS) is 12.0. The Kier molecular flexibility index (Phi) is 5.14. The van der Waals surface area contributed by atoms with Crippen LogP contribution in [0.25, 0.3) is 0 Å². The molecular formula is C10H13I2Ru. The van der Waals surface area contributed by atoms with Crippen LogP contribution in [0.1, 0.15) is 30.9 Å². The van der Waals surface area contributed by atoms with E-state index in [-0.39, 0.29) is 0 Å². The zero-order valence-electron chi connectivity index (χ0n) is 7.92. The van der Waals surface area contributed by atoms with Crippen molar-refractivity contribution in [2.75, 3.05) is 0 Å². The number of aryl methyl sites for hydroxylation is 1. The molecule has 0 aliphatic rings. The van der Waals surface area contributed by atoms with Gasteiger partial charge in [0.1, 0.15) is 0 Å². The molecule has 0 aromatic heterocycles. The summed E-state index contributed by atoms with van der Waals surface area (Å²) in [6.45, 7) is 6.74. The molecule has 0 aliphatic heterocycles. The Labute approximate surface area is 107 Å². The minimum atomic E-state index is -0.746. The molecule has 0 saturated heterocycles. The fraction of sp³-hybridized carbons (Fsp3) is 0.400. The second-order valence-corrected chi connectivity index (χ2v) is 22.9. The van der Waals surface area contributed by atoms with Crippen molar-refractivity contribution in [1.82, 2.24) is 0 Å². The fourth-order valence-electron chi connectivity index (χ4n) is 1.22. The molecule has 1 aromatic rings. The van der Waals surface area contributed by atoms with Gasteiger partial charge >= 0.3 is 109 Å². The Hall–Kier alpha value is 1.30. The van der Waals surface area contributed by atoms with Crippen molar-refractivity contribution in [2.24, 2.45) is 0 Å². The van der Waals surface area contributed by atoms with Gasteiger partial charge < -0.3 is 0 Å². The molecule has 75 valence electrons. The van der Waals surface area contributed by atoms with E-state index in [0.29, 0.717) is 5.92 Å². The topological polar surface area (TPSA) is 0 Å². The Morgan fingerprint density at radius 1 is 1.23 bits per heavy atom. The minimum absolute atomic E-state index is 0.663. The molecule has 0 aliphatic carbocycles. The van der Waals surface area contributed by atoms with E-state index in [2.05, 4.69) is 78.5 Å². The van der Waals surface area contributed by atoms with Crippen molar-refractivity contribution < 1.29 is 8.92 Å². The van der Waals surface area contributed by atoms with Crippen LogP contribution in [0.2, 0.25) is 0 Å². The van der Waals surface area contributed by atoms with Gasteiger partial charge in [0.2, 0.25) is 0 Å². The van der Waals surface area contributed by atoms with Gasteiger partial charge in [0.05, 0.1) is 0 Å². The Morgan fingerprint density at radius 2 is 1.85 bits per heavy atom. The van der Waals surface area contributed by atoms with Crippen molar-refractivity contribution in [3.63, 3.8) is 0 Å². The molecule has 0 fully saturated rings. The van der Waals surface area contributed by atoms with E-state index >= 15 is 0 Å². The second-order valence-electron chi connectivity index (χ2n) is 3.35. The molecule has 0 heterocycles. The predicted molar refractivity (Wildman–Crippen MR) is 72.9 cm³/mol. The third-order valence-corrected chi connectivity index (χ3v) is 8.27. The van der Waals surface area contributed by atoms with Crippen LogP contribution in [0.15, 0.2) is 18.2 Å². The maximum atomic E-state index is 2.61. The van der Waals surface area contributed by atoms with Crippen LogP contribution in [0.4, 0.5) is 0 Å². The number of rotatable bonds is 2. The Morgan fingerprint density at radius 3 is 2.31 bits per heavy atom. The Balaban J connectivity index is 3.19. The van der Waals surface area contributed by atoms with Gasteiger partial charge in [0.15, 0.2) is 0 Å². The van der Waals surface area contributed by atoms with Gasteiger partial charge in [-0.1, -0.05) is 0 Å². The van der Waals surface area contributed by atoms with Crippen LogP contribution in [0.3, 0.4) is 0 Å². The molecule has 13 heavy (non-hydrogen) atoms. The third-order valence-electron chi connectivity index (χ3n) is 1.91. The number of benzene rings is 1. The molecule has 0 bridgehead atoms. The Bertz CT molecular complexity index is 295. The van der Waals surface area contributed by atoms with E-state index in [9.17, 15) is 0 Å². The molecule has 0 amide bonds. The predicted octanol–water partition coefficient (Wildman–Crippen LogP) is 4.06. The molecule has 3 heteroatoms. The van der Waals surface area contributed by atoms with E-state index in [1.165, 1.54) is 5.56 Å². The molecule has 0 radical (unpaired) electrons. The van der Waals surface area contributed by atoms with Crippen LogP contribution in [0, 0.1) is 6.92 Å². The first kappa shape index (κ1) is 12.4. The summed E-state index contributed by atoms with van der Waals surface area (Å²) in [5.74, 6) is 0.663. The zero-order chi connectivity index (χ0) is 10.0. The van der Waals surface area contributed by atoms with Crippen LogP contribution in [-0.2, 0) is 8.92 Å². The molecule has 1 aromatic carbocycles. The number of halogens is 2. The van der Waals surface area contributed by atoms with Crippen molar-refractivity contribution in [1.29, 1.82) is 0 Å². The van der Waals surface area contributed by atoms with Gasteiger partial charge in [0, 0.05) is 0 Å². The number of hydrogen-bond donors (Lipinski definition) is 0. The van der Waals surface area contributed by atoms with Crippen LogP contribution in [-0.4, -0.2) is 0 Å². The summed E-state index contributed by atoms with van der Waals surface area (Å²) in [6.07, 6.45) is 0. The fourth-order valence-corrected chi connectivity index (χ4v) is 6.70. The standard InChI is InChI=1S/C10H13.2HI.Ru/c1-8(2)10-6-4-5-9(3)7-10;;;/h4-5,7-8H,1-3H3;2*1H;/q;;;+2/p-2. The average molecular weight is 488 g/mol. The van der Waals surface area contributed by atoms with E-state index < -0.39 is 8.92 Å². The summed E-state index contributed by atoms with van der Waals surface area (Å²) >= 11 is 5.22. The van der Waals surface area contributed by atoms with Gasteiger partial charge in [0.25, 0.3) is 0 Å². The summed E-state index contributed by atoms with van der Waals surface area (Å²) in [6, 6.07) is 6.90. The van der Waals surface area contributed by atoms with Crippen molar-refractivity contribution >= 4 is 43.7 Å². The first-order valence-electron chi connectivity index (χ1n) is 4.13. The summed E-state index contributed by atoms with van der Waals surface area (Å²) in [5, 5.41) is 0. The monoisotopic (exact) mass is 489 g/mol. The second kappa shape index (κ2) is 5.40. The van der Waals surface area contributed by atoms with Crippen molar-refractivity contribution in [3.8, 4) is 0 Å². The molecule has 0 spiro atoms. The summed E-state index contributed by atoms with van der Waals surface area (Å²) in [4.78, 5) is 0. The summed E-state index contributed by atoms with van der Waals surface area (Å²) < 4.78 is 1.62. The van der Waals surface area contributed by atoms with Crippen molar-refractivity contribution in [2.45, 2.75) is 26.7 Å². The van der Waals surface area contributed by atoms with Crippen LogP contribution >= 0.6 is 39.5 Å².